The SMILES string of the molecule is Cl.NC1C(O)C(N)C(O)C(O)C1O. The molecule has 13 heavy (non-hydrogen) atoms. The molecular formula is C6H15ClN2O4. The van der Waals surface area contributed by atoms with Gasteiger partial charge < -0.3 is 31.9 Å². The third-order valence-corrected chi connectivity index (χ3v) is 2.28. The number of halogens is 1. The molecule has 0 radical (unpaired) electrons. The van der Waals surface area contributed by atoms with Crippen LogP contribution in [0, 0.1) is 0 Å². The van der Waals surface area contributed by atoms with Gasteiger partial charge in [0.05, 0.1) is 18.2 Å². The predicted molar refractivity (Wildman–Crippen MR) is 47.2 cm³/mol. The number of hydrogen-bond acceptors (Lipinski definition) is 6. The van der Waals surface area contributed by atoms with Crippen molar-refractivity contribution in [1.82, 2.24) is 0 Å². The average molecular weight is 215 g/mol. The molecule has 0 spiro atoms. The Kier molecular flexibility index (Phi) is 4.53. The number of rotatable bonds is 0. The maximum atomic E-state index is 9.22. The van der Waals surface area contributed by atoms with Gasteiger partial charge in [-0.1, -0.05) is 0 Å². The molecule has 1 aliphatic rings. The van der Waals surface area contributed by atoms with E-state index in [2.05, 4.69) is 0 Å². The lowest BCUT2D eigenvalue weighted by Crippen LogP contribution is -2.69. The van der Waals surface area contributed by atoms with E-state index < -0.39 is 36.5 Å². The van der Waals surface area contributed by atoms with Crippen molar-refractivity contribution in [3.05, 3.63) is 0 Å². The molecule has 0 bridgehead atoms. The zero-order chi connectivity index (χ0) is 9.46. The summed E-state index contributed by atoms with van der Waals surface area (Å²) in [7, 11) is 0. The predicted octanol–water partition coefficient (Wildman–Crippen LogP) is -3.48. The van der Waals surface area contributed by atoms with E-state index in [1.165, 1.54) is 0 Å². The van der Waals surface area contributed by atoms with Crippen molar-refractivity contribution in [1.29, 1.82) is 0 Å². The largest absolute Gasteiger partial charge is 0.390 e. The lowest BCUT2D eigenvalue weighted by Gasteiger charge is -2.40. The van der Waals surface area contributed by atoms with Gasteiger partial charge in [0, 0.05) is 0 Å². The van der Waals surface area contributed by atoms with E-state index in [-0.39, 0.29) is 12.4 Å². The first kappa shape index (κ1) is 13.1. The Balaban J connectivity index is 0.00000144. The lowest BCUT2D eigenvalue weighted by atomic mass is 9.82. The third kappa shape index (κ3) is 2.10. The van der Waals surface area contributed by atoms with Crippen LogP contribution in [0.25, 0.3) is 0 Å². The molecule has 0 amide bonds. The van der Waals surface area contributed by atoms with Crippen molar-refractivity contribution in [3.8, 4) is 0 Å². The lowest BCUT2D eigenvalue weighted by molar-refractivity contribution is -0.137. The highest BCUT2D eigenvalue weighted by Crippen LogP contribution is 2.18. The van der Waals surface area contributed by atoms with E-state index in [1.54, 1.807) is 0 Å². The summed E-state index contributed by atoms with van der Waals surface area (Å²) in [5.41, 5.74) is 10.6. The van der Waals surface area contributed by atoms with Crippen molar-refractivity contribution in [2.24, 2.45) is 11.5 Å². The van der Waals surface area contributed by atoms with E-state index in [4.69, 9.17) is 26.8 Å². The monoisotopic (exact) mass is 214 g/mol. The molecule has 1 fully saturated rings. The van der Waals surface area contributed by atoms with Crippen molar-refractivity contribution in [2.75, 3.05) is 0 Å². The van der Waals surface area contributed by atoms with Gasteiger partial charge in [-0.25, -0.2) is 0 Å². The van der Waals surface area contributed by atoms with E-state index in [9.17, 15) is 5.11 Å². The highest BCUT2D eigenvalue weighted by atomic mass is 35.5. The fourth-order valence-corrected chi connectivity index (χ4v) is 1.32. The highest BCUT2D eigenvalue weighted by Gasteiger charge is 2.45. The summed E-state index contributed by atoms with van der Waals surface area (Å²) in [6.45, 7) is 0. The number of aliphatic hydroxyl groups is 4. The highest BCUT2D eigenvalue weighted by molar-refractivity contribution is 5.85. The van der Waals surface area contributed by atoms with Crippen LogP contribution in [-0.2, 0) is 0 Å². The first-order valence-electron chi connectivity index (χ1n) is 3.70. The van der Waals surface area contributed by atoms with Gasteiger partial charge in [0.25, 0.3) is 0 Å². The number of nitrogens with two attached hydrogens (primary N) is 2. The van der Waals surface area contributed by atoms with Gasteiger partial charge >= 0.3 is 0 Å². The second kappa shape index (κ2) is 4.52. The first-order chi connectivity index (χ1) is 5.46. The molecular weight excluding hydrogens is 200 g/mol. The Labute approximate surface area is 81.6 Å². The van der Waals surface area contributed by atoms with Crippen LogP contribution in [0.1, 0.15) is 0 Å². The van der Waals surface area contributed by atoms with Gasteiger partial charge in [-0.3, -0.25) is 0 Å². The van der Waals surface area contributed by atoms with Crippen LogP contribution in [0.5, 0.6) is 0 Å². The van der Waals surface area contributed by atoms with Gasteiger partial charge in [-0.05, 0) is 0 Å². The van der Waals surface area contributed by atoms with E-state index in [0.717, 1.165) is 0 Å². The summed E-state index contributed by atoms with van der Waals surface area (Å²) in [6.07, 6.45) is -5.26. The maximum absolute atomic E-state index is 9.22. The van der Waals surface area contributed by atoms with Crippen molar-refractivity contribution < 1.29 is 20.4 Å². The number of hydrogen-bond donors (Lipinski definition) is 6. The van der Waals surface area contributed by atoms with Crippen LogP contribution in [0.2, 0.25) is 0 Å². The van der Waals surface area contributed by atoms with Crippen LogP contribution < -0.4 is 11.5 Å². The normalized spacial score (nSPS) is 51.2. The standard InChI is InChI=1S/C6H14N2O4.ClH/c7-1-3(9)2(8)5(11)6(12)4(1)10;/h1-6,9-12H,7-8H2;1H. The minimum atomic E-state index is -1.39. The van der Waals surface area contributed by atoms with Crippen LogP contribution in [0.3, 0.4) is 0 Å². The second-order valence-corrected chi connectivity index (χ2v) is 3.12. The van der Waals surface area contributed by atoms with Crippen LogP contribution in [0.4, 0.5) is 0 Å². The Morgan fingerprint density at radius 2 is 0.923 bits per heavy atom. The van der Waals surface area contributed by atoms with E-state index in [1.807, 2.05) is 0 Å². The summed E-state index contributed by atoms with van der Waals surface area (Å²) in [4.78, 5) is 0. The van der Waals surface area contributed by atoms with Crippen LogP contribution in [0.15, 0.2) is 0 Å². The molecule has 0 aromatic carbocycles. The molecule has 6 nitrogen and oxygen atoms in total. The second-order valence-electron chi connectivity index (χ2n) is 3.12. The molecule has 1 rings (SSSR count). The summed E-state index contributed by atoms with van der Waals surface area (Å²) < 4.78 is 0. The molecule has 4 atom stereocenters. The van der Waals surface area contributed by atoms with Gasteiger partial charge in [0.15, 0.2) is 0 Å². The minimum Gasteiger partial charge on any atom is -0.390 e. The topological polar surface area (TPSA) is 133 Å². The van der Waals surface area contributed by atoms with Crippen molar-refractivity contribution in [3.63, 3.8) is 0 Å². The van der Waals surface area contributed by atoms with Gasteiger partial charge in [-0.15, -0.1) is 12.4 Å². The molecule has 80 valence electrons. The Morgan fingerprint density at radius 3 is 1.23 bits per heavy atom. The summed E-state index contributed by atoms with van der Waals surface area (Å²) in [5, 5.41) is 36.7. The van der Waals surface area contributed by atoms with Crippen molar-refractivity contribution in [2.45, 2.75) is 36.5 Å². The first-order valence-corrected chi connectivity index (χ1v) is 3.70. The van der Waals surface area contributed by atoms with E-state index in [0.29, 0.717) is 0 Å². The molecule has 1 saturated carbocycles. The van der Waals surface area contributed by atoms with Crippen molar-refractivity contribution >= 4 is 12.4 Å². The fourth-order valence-electron chi connectivity index (χ4n) is 1.32. The summed E-state index contributed by atoms with van der Waals surface area (Å²) in [5.74, 6) is 0. The van der Waals surface area contributed by atoms with Crippen LogP contribution in [-0.4, -0.2) is 56.9 Å². The minimum absolute atomic E-state index is 0. The van der Waals surface area contributed by atoms with Gasteiger partial charge in [0.2, 0.25) is 0 Å². The molecule has 7 heteroatoms. The van der Waals surface area contributed by atoms with Crippen LogP contribution >= 0.6 is 12.4 Å². The number of aliphatic hydroxyl groups excluding tert-OH is 4. The van der Waals surface area contributed by atoms with Gasteiger partial charge in [0.1, 0.15) is 18.3 Å². The molecule has 0 aliphatic heterocycles. The fraction of sp³-hybridized carbons (Fsp3) is 1.00. The molecule has 0 aromatic rings. The molecule has 0 heterocycles. The molecule has 4 unspecified atom stereocenters. The van der Waals surface area contributed by atoms with Gasteiger partial charge in [-0.2, -0.15) is 0 Å². The summed E-state index contributed by atoms with van der Waals surface area (Å²) >= 11 is 0. The quantitative estimate of drug-likeness (QED) is 0.248. The molecule has 0 aromatic heterocycles. The zero-order valence-electron chi connectivity index (χ0n) is 6.82. The third-order valence-electron chi connectivity index (χ3n) is 2.28. The zero-order valence-corrected chi connectivity index (χ0v) is 7.63. The molecule has 0 saturated heterocycles. The summed E-state index contributed by atoms with van der Waals surface area (Å²) in [6, 6.07) is -2.03. The maximum Gasteiger partial charge on any atom is 0.109 e. The molecule has 8 N–H and O–H groups in total. The van der Waals surface area contributed by atoms with E-state index >= 15 is 0 Å². The Bertz CT molecular complexity index is 114. The Morgan fingerprint density at radius 1 is 0.615 bits per heavy atom. The average Bonchev–Trinajstić information content (AvgIpc) is 2.08. The Hall–Kier alpha value is 0.0500. The smallest absolute Gasteiger partial charge is 0.109 e. The molecule has 1 aliphatic carbocycles.